The van der Waals surface area contributed by atoms with E-state index in [4.69, 9.17) is 9.47 Å². The number of hydrogen-bond donors (Lipinski definition) is 1. The molecule has 168 valence electrons. The van der Waals surface area contributed by atoms with Crippen molar-refractivity contribution in [3.8, 4) is 17.2 Å². The summed E-state index contributed by atoms with van der Waals surface area (Å²) in [5, 5.41) is 3.00. The summed E-state index contributed by atoms with van der Waals surface area (Å²) >= 11 is 0. The first-order valence-corrected chi connectivity index (χ1v) is 10.3. The van der Waals surface area contributed by atoms with Crippen LogP contribution in [0.15, 0.2) is 76.3 Å². The van der Waals surface area contributed by atoms with Crippen molar-refractivity contribution >= 4 is 22.5 Å². The van der Waals surface area contributed by atoms with Crippen molar-refractivity contribution in [2.75, 3.05) is 19.5 Å². The van der Waals surface area contributed by atoms with Crippen LogP contribution in [0.3, 0.4) is 0 Å². The van der Waals surface area contributed by atoms with Crippen LogP contribution in [0, 0.1) is 6.92 Å². The lowest BCUT2D eigenvalue weighted by atomic mass is 10.2. The maximum absolute atomic E-state index is 13.5. The highest BCUT2D eigenvalue weighted by Gasteiger charge is 2.19. The van der Waals surface area contributed by atoms with Crippen molar-refractivity contribution < 1.29 is 14.3 Å². The fourth-order valence-corrected chi connectivity index (χ4v) is 3.63. The SMILES string of the molecule is COc1cc2c(=O)n(-c3ccc(C)cc3)c(=O)n(CC(=O)Nc3ccccc3)c2cc1OC. The van der Waals surface area contributed by atoms with Crippen LogP contribution in [-0.4, -0.2) is 29.3 Å². The molecule has 4 aromatic rings. The van der Waals surface area contributed by atoms with Crippen LogP contribution < -0.4 is 26.0 Å². The van der Waals surface area contributed by atoms with E-state index in [9.17, 15) is 14.4 Å². The van der Waals surface area contributed by atoms with Crippen LogP contribution in [0.5, 0.6) is 11.5 Å². The normalized spacial score (nSPS) is 10.8. The summed E-state index contributed by atoms with van der Waals surface area (Å²) in [6.07, 6.45) is 0. The number of ether oxygens (including phenoxy) is 2. The maximum Gasteiger partial charge on any atom is 0.336 e. The van der Waals surface area contributed by atoms with Crippen molar-refractivity contribution in [1.29, 1.82) is 0 Å². The second kappa shape index (κ2) is 9.04. The molecule has 0 aliphatic carbocycles. The van der Waals surface area contributed by atoms with Gasteiger partial charge in [-0.1, -0.05) is 35.9 Å². The van der Waals surface area contributed by atoms with Crippen LogP contribution >= 0.6 is 0 Å². The molecular formula is C25H23N3O5. The second-order valence-electron chi connectivity index (χ2n) is 7.48. The number of anilines is 1. The minimum Gasteiger partial charge on any atom is -0.493 e. The van der Waals surface area contributed by atoms with E-state index in [-0.39, 0.29) is 17.4 Å². The predicted octanol–water partition coefficient (Wildman–Crippen LogP) is 3.12. The summed E-state index contributed by atoms with van der Waals surface area (Å²) in [5.41, 5.74) is 1.12. The summed E-state index contributed by atoms with van der Waals surface area (Å²) in [6, 6.07) is 19.0. The van der Waals surface area contributed by atoms with Gasteiger partial charge in [-0.3, -0.25) is 14.2 Å². The Kier molecular flexibility index (Phi) is 5.99. The van der Waals surface area contributed by atoms with Crippen molar-refractivity contribution in [2.24, 2.45) is 0 Å². The summed E-state index contributed by atoms with van der Waals surface area (Å²) in [6.45, 7) is 1.61. The van der Waals surface area contributed by atoms with Crippen LogP contribution in [-0.2, 0) is 11.3 Å². The first kappa shape index (κ1) is 21.9. The smallest absolute Gasteiger partial charge is 0.336 e. The lowest BCUT2D eigenvalue weighted by molar-refractivity contribution is -0.116. The first-order chi connectivity index (χ1) is 15.9. The number of para-hydroxylation sites is 1. The molecule has 3 aromatic carbocycles. The van der Waals surface area contributed by atoms with E-state index in [1.807, 2.05) is 25.1 Å². The highest BCUT2D eigenvalue weighted by atomic mass is 16.5. The molecule has 0 fully saturated rings. The van der Waals surface area contributed by atoms with E-state index < -0.39 is 17.2 Å². The third-order valence-corrected chi connectivity index (χ3v) is 5.30. The zero-order chi connectivity index (χ0) is 23.5. The molecule has 0 aliphatic rings. The molecule has 1 aromatic heterocycles. The molecule has 8 nitrogen and oxygen atoms in total. The summed E-state index contributed by atoms with van der Waals surface area (Å²) < 4.78 is 13.0. The average molecular weight is 445 g/mol. The number of carbonyl (C=O) groups excluding carboxylic acids is 1. The molecule has 0 radical (unpaired) electrons. The number of amides is 1. The minimum atomic E-state index is -0.633. The van der Waals surface area contributed by atoms with Gasteiger partial charge in [0.2, 0.25) is 5.91 Å². The molecule has 0 saturated carbocycles. The topological polar surface area (TPSA) is 91.6 Å². The molecular weight excluding hydrogens is 422 g/mol. The minimum absolute atomic E-state index is 0.223. The van der Waals surface area contributed by atoms with E-state index in [2.05, 4.69) is 5.32 Å². The molecule has 1 amide bonds. The van der Waals surface area contributed by atoms with Crippen molar-refractivity contribution in [1.82, 2.24) is 9.13 Å². The highest BCUT2D eigenvalue weighted by molar-refractivity contribution is 5.92. The molecule has 0 saturated heterocycles. The van der Waals surface area contributed by atoms with Gasteiger partial charge in [-0.05, 0) is 37.3 Å². The van der Waals surface area contributed by atoms with Crippen LogP contribution in [0.2, 0.25) is 0 Å². The van der Waals surface area contributed by atoms with Gasteiger partial charge < -0.3 is 14.8 Å². The molecule has 0 unspecified atom stereocenters. The van der Waals surface area contributed by atoms with Gasteiger partial charge in [-0.25, -0.2) is 9.36 Å². The van der Waals surface area contributed by atoms with Crippen molar-refractivity contribution in [3.05, 3.63) is 93.1 Å². The molecule has 0 spiro atoms. The van der Waals surface area contributed by atoms with Crippen molar-refractivity contribution in [3.63, 3.8) is 0 Å². The number of methoxy groups -OCH3 is 2. The van der Waals surface area contributed by atoms with Crippen LogP contribution in [0.4, 0.5) is 5.69 Å². The van der Waals surface area contributed by atoms with Crippen molar-refractivity contribution in [2.45, 2.75) is 13.5 Å². The third-order valence-electron chi connectivity index (χ3n) is 5.30. The summed E-state index contributed by atoms with van der Waals surface area (Å²) in [5.74, 6) is 0.277. The zero-order valence-electron chi connectivity index (χ0n) is 18.5. The number of aryl methyl sites for hydroxylation is 1. The monoisotopic (exact) mass is 445 g/mol. The molecule has 8 heteroatoms. The third kappa shape index (κ3) is 4.23. The van der Waals surface area contributed by atoms with Gasteiger partial charge in [0, 0.05) is 11.8 Å². The quantitative estimate of drug-likeness (QED) is 0.492. The Labute approximate surface area is 189 Å². The predicted molar refractivity (Wildman–Crippen MR) is 127 cm³/mol. The number of fused-ring (bicyclic) bond motifs is 1. The number of hydrogen-bond acceptors (Lipinski definition) is 5. The number of benzene rings is 3. The van der Waals surface area contributed by atoms with E-state index >= 15 is 0 Å². The number of carbonyl (C=O) groups is 1. The number of aromatic nitrogens is 2. The Morgan fingerprint density at radius 3 is 2.18 bits per heavy atom. The van der Waals surface area contributed by atoms with E-state index in [0.717, 1.165) is 10.1 Å². The number of nitrogens with zero attached hydrogens (tertiary/aromatic N) is 2. The zero-order valence-corrected chi connectivity index (χ0v) is 18.5. The lowest BCUT2D eigenvalue weighted by Gasteiger charge is -2.16. The Bertz CT molecular complexity index is 1440. The Morgan fingerprint density at radius 2 is 1.55 bits per heavy atom. The van der Waals surface area contributed by atoms with Gasteiger partial charge in [0.25, 0.3) is 5.56 Å². The lowest BCUT2D eigenvalue weighted by Crippen LogP contribution is -2.40. The van der Waals surface area contributed by atoms with Gasteiger partial charge >= 0.3 is 5.69 Å². The van der Waals surface area contributed by atoms with E-state index in [1.54, 1.807) is 36.4 Å². The van der Waals surface area contributed by atoms with Gasteiger partial charge in [0.15, 0.2) is 11.5 Å². The van der Waals surface area contributed by atoms with E-state index in [1.165, 1.54) is 30.9 Å². The second-order valence-corrected chi connectivity index (χ2v) is 7.48. The van der Waals surface area contributed by atoms with Gasteiger partial charge in [-0.15, -0.1) is 0 Å². The largest absolute Gasteiger partial charge is 0.493 e. The number of nitrogens with one attached hydrogen (secondary N) is 1. The molecule has 0 aliphatic heterocycles. The van der Waals surface area contributed by atoms with Gasteiger partial charge in [0.05, 0.1) is 30.8 Å². The Hall–Kier alpha value is -4.33. The Balaban J connectivity index is 1.94. The molecule has 0 bridgehead atoms. The van der Waals surface area contributed by atoms with Crippen LogP contribution in [0.1, 0.15) is 5.56 Å². The summed E-state index contributed by atoms with van der Waals surface area (Å²) in [7, 11) is 2.92. The van der Waals surface area contributed by atoms with Crippen LogP contribution in [0.25, 0.3) is 16.6 Å². The molecule has 4 rings (SSSR count). The Morgan fingerprint density at radius 1 is 0.909 bits per heavy atom. The number of rotatable bonds is 6. The maximum atomic E-state index is 13.5. The molecule has 33 heavy (non-hydrogen) atoms. The molecule has 1 N–H and O–H groups in total. The fourth-order valence-electron chi connectivity index (χ4n) is 3.63. The van der Waals surface area contributed by atoms with Gasteiger partial charge in [0.1, 0.15) is 6.54 Å². The fraction of sp³-hybridized carbons (Fsp3) is 0.160. The standard InChI is InChI=1S/C25H23N3O5/c1-16-9-11-18(12-10-16)28-24(30)19-13-21(32-2)22(33-3)14-20(19)27(25(28)31)15-23(29)26-17-7-5-4-6-8-17/h4-14H,15H2,1-3H3,(H,26,29). The average Bonchev–Trinajstić information content (AvgIpc) is 2.82. The van der Waals surface area contributed by atoms with E-state index in [0.29, 0.717) is 22.9 Å². The van der Waals surface area contributed by atoms with Gasteiger partial charge in [-0.2, -0.15) is 0 Å². The molecule has 1 heterocycles. The first-order valence-electron chi connectivity index (χ1n) is 10.3. The molecule has 0 atom stereocenters. The summed E-state index contributed by atoms with van der Waals surface area (Å²) in [4.78, 5) is 39.7. The highest BCUT2D eigenvalue weighted by Crippen LogP contribution is 2.30.